The van der Waals surface area contributed by atoms with Gasteiger partial charge in [0.1, 0.15) is 17.4 Å². The maximum Gasteiger partial charge on any atom is 0.232 e. The zero-order valence-corrected chi connectivity index (χ0v) is 14.1. The first kappa shape index (κ1) is 16.1. The van der Waals surface area contributed by atoms with Gasteiger partial charge in [0.05, 0.1) is 25.2 Å². The normalized spacial score (nSPS) is 15.0. The topological polar surface area (TPSA) is 80.1 Å². The van der Waals surface area contributed by atoms with E-state index in [1.54, 1.807) is 24.5 Å². The average Bonchev–Trinajstić information content (AvgIpc) is 3.37. The molecular formula is C19H17N5O2. The molecule has 1 saturated heterocycles. The fourth-order valence-electron chi connectivity index (χ4n) is 2.90. The van der Waals surface area contributed by atoms with E-state index >= 15 is 0 Å². The van der Waals surface area contributed by atoms with Crippen LogP contribution in [0.2, 0.25) is 0 Å². The molecular weight excluding hydrogens is 330 g/mol. The third-order valence-electron chi connectivity index (χ3n) is 4.15. The fourth-order valence-corrected chi connectivity index (χ4v) is 2.90. The molecule has 1 aromatic carbocycles. The van der Waals surface area contributed by atoms with E-state index in [1.165, 1.54) is 0 Å². The van der Waals surface area contributed by atoms with Crippen LogP contribution in [-0.2, 0) is 4.74 Å². The summed E-state index contributed by atoms with van der Waals surface area (Å²) in [7, 11) is 0. The number of aromatic nitrogens is 3. The van der Waals surface area contributed by atoms with Crippen LogP contribution in [0.1, 0.15) is 11.6 Å². The molecule has 3 heterocycles. The molecule has 3 aromatic rings. The molecule has 2 aromatic heterocycles. The number of ether oxygens (including phenoxy) is 1. The molecule has 0 amide bonds. The van der Waals surface area contributed by atoms with E-state index in [1.807, 2.05) is 34.9 Å². The average molecular weight is 347 g/mol. The van der Waals surface area contributed by atoms with E-state index in [4.69, 9.17) is 9.15 Å². The SMILES string of the molecule is N#C/C(=C\c1ccco1)c1nnc(N2CCOCC2)n1-c1ccccc1. The third-order valence-corrected chi connectivity index (χ3v) is 4.15. The highest BCUT2D eigenvalue weighted by Gasteiger charge is 2.23. The van der Waals surface area contributed by atoms with Crippen molar-refractivity contribution in [3.8, 4) is 11.8 Å². The van der Waals surface area contributed by atoms with Gasteiger partial charge in [-0.2, -0.15) is 5.26 Å². The molecule has 0 atom stereocenters. The first-order chi connectivity index (χ1) is 12.9. The molecule has 0 spiro atoms. The molecule has 1 fully saturated rings. The van der Waals surface area contributed by atoms with Gasteiger partial charge in [-0.1, -0.05) is 18.2 Å². The second kappa shape index (κ2) is 7.25. The van der Waals surface area contributed by atoms with E-state index < -0.39 is 0 Å². The summed E-state index contributed by atoms with van der Waals surface area (Å²) >= 11 is 0. The molecule has 1 aliphatic rings. The highest BCUT2D eigenvalue weighted by atomic mass is 16.5. The van der Waals surface area contributed by atoms with Crippen LogP contribution < -0.4 is 4.90 Å². The van der Waals surface area contributed by atoms with E-state index in [-0.39, 0.29) is 0 Å². The van der Waals surface area contributed by atoms with Gasteiger partial charge in [0.25, 0.3) is 0 Å². The number of allylic oxidation sites excluding steroid dienone is 1. The van der Waals surface area contributed by atoms with Crippen LogP contribution in [0.4, 0.5) is 5.95 Å². The Morgan fingerprint density at radius 2 is 1.88 bits per heavy atom. The highest BCUT2D eigenvalue weighted by molar-refractivity contribution is 5.87. The van der Waals surface area contributed by atoms with E-state index in [2.05, 4.69) is 21.2 Å². The molecule has 0 aliphatic carbocycles. The lowest BCUT2D eigenvalue weighted by molar-refractivity contribution is 0.122. The van der Waals surface area contributed by atoms with E-state index in [0.717, 1.165) is 18.8 Å². The molecule has 0 bridgehead atoms. The Hall–Kier alpha value is -3.37. The van der Waals surface area contributed by atoms with Crippen LogP contribution in [0.3, 0.4) is 0 Å². The predicted molar refractivity (Wildman–Crippen MR) is 96.6 cm³/mol. The third kappa shape index (κ3) is 3.10. The van der Waals surface area contributed by atoms with Gasteiger partial charge in [-0.05, 0) is 24.3 Å². The molecule has 7 nitrogen and oxygen atoms in total. The minimum Gasteiger partial charge on any atom is -0.465 e. The minimum atomic E-state index is 0.385. The summed E-state index contributed by atoms with van der Waals surface area (Å²) in [5.41, 5.74) is 1.28. The van der Waals surface area contributed by atoms with Crippen molar-refractivity contribution >= 4 is 17.6 Å². The number of morpholine rings is 1. The van der Waals surface area contributed by atoms with E-state index in [9.17, 15) is 5.26 Å². The Kier molecular flexibility index (Phi) is 4.50. The number of nitriles is 1. The largest absolute Gasteiger partial charge is 0.465 e. The van der Waals surface area contributed by atoms with Gasteiger partial charge in [-0.25, -0.2) is 0 Å². The van der Waals surface area contributed by atoms with Crippen LogP contribution in [-0.4, -0.2) is 41.1 Å². The predicted octanol–water partition coefficient (Wildman–Crippen LogP) is 2.76. The maximum absolute atomic E-state index is 9.69. The number of hydrogen-bond acceptors (Lipinski definition) is 6. The second-order valence-electron chi connectivity index (χ2n) is 5.78. The molecule has 4 rings (SSSR count). The lowest BCUT2D eigenvalue weighted by Gasteiger charge is -2.28. The van der Waals surface area contributed by atoms with Crippen LogP contribution >= 0.6 is 0 Å². The monoisotopic (exact) mass is 347 g/mol. The van der Waals surface area contributed by atoms with Crippen molar-refractivity contribution in [1.29, 1.82) is 5.26 Å². The molecule has 0 radical (unpaired) electrons. The highest BCUT2D eigenvalue weighted by Crippen LogP contribution is 2.26. The van der Waals surface area contributed by atoms with Crippen molar-refractivity contribution in [2.24, 2.45) is 0 Å². The van der Waals surface area contributed by atoms with Gasteiger partial charge in [0.2, 0.25) is 5.95 Å². The van der Waals surface area contributed by atoms with Gasteiger partial charge in [0.15, 0.2) is 5.82 Å². The Morgan fingerprint density at radius 1 is 1.08 bits per heavy atom. The maximum atomic E-state index is 9.69. The van der Waals surface area contributed by atoms with Crippen LogP contribution in [0.5, 0.6) is 0 Å². The Labute approximate surface area is 150 Å². The zero-order valence-electron chi connectivity index (χ0n) is 14.1. The van der Waals surface area contributed by atoms with Crippen LogP contribution in [0.25, 0.3) is 17.3 Å². The van der Waals surface area contributed by atoms with Gasteiger partial charge < -0.3 is 14.1 Å². The van der Waals surface area contributed by atoms with Crippen molar-refractivity contribution < 1.29 is 9.15 Å². The number of anilines is 1. The molecule has 1 aliphatic heterocycles. The van der Waals surface area contributed by atoms with Gasteiger partial charge in [-0.3, -0.25) is 4.57 Å². The smallest absolute Gasteiger partial charge is 0.232 e. The summed E-state index contributed by atoms with van der Waals surface area (Å²) in [6, 6.07) is 15.6. The molecule has 0 N–H and O–H groups in total. The Morgan fingerprint density at radius 3 is 2.58 bits per heavy atom. The van der Waals surface area contributed by atoms with Crippen molar-refractivity contribution in [3.05, 3.63) is 60.3 Å². The van der Waals surface area contributed by atoms with Crippen molar-refractivity contribution in [3.63, 3.8) is 0 Å². The first-order valence-electron chi connectivity index (χ1n) is 8.36. The summed E-state index contributed by atoms with van der Waals surface area (Å²) in [6.07, 6.45) is 3.24. The van der Waals surface area contributed by atoms with Gasteiger partial charge in [-0.15, -0.1) is 10.2 Å². The van der Waals surface area contributed by atoms with Crippen LogP contribution in [0.15, 0.2) is 53.1 Å². The lowest BCUT2D eigenvalue weighted by atomic mass is 10.2. The van der Waals surface area contributed by atoms with Gasteiger partial charge in [0, 0.05) is 19.2 Å². The summed E-state index contributed by atoms with van der Waals surface area (Å²) < 4.78 is 12.7. The number of furan rings is 1. The Bertz CT molecular complexity index is 932. The standard InChI is InChI=1S/C19H17N5O2/c20-14-15(13-17-7-4-10-26-17)18-21-22-19(23-8-11-25-12-9-23)24(18)16-5-2-1-3-6-16/h1-7,10,13H,8-9,11-12H2/b15-13+. The summed E-state index contributed by atoms with van der Waals surface area (Å²) in [5, 5.41) is 18.4. The molecule has 26 heavy (non-hydrogen) atoms. The fraction of sp³-hybridized carbons (Fsp3) is 0.211. The second-order valence-corrected chi connectivity index (χ2v) is 5.78. The quantitative estimate of drug-likeness (QED) is 0.675. The molecule has 130 valence electrons. The molecule has 0 saturated carbocycles. The van der Waals surface area contributed by atoms with E-state index in [0.29, 0.717) is 36.3 Å². The summed E-state index contributed by atoms with van der Waals surface area (Å²) in [5.74, 6) is 1.78. The van der Waals surface area contributed by atoms with Crippen molar-refractivity contribution in [1.82, 2.24) is 14.8 Å². The number of hydrogen-bond donors (Lipinski definition) is 0. The zero-order chi connectivity index (χ0) is 17.8. The van der Waals surface area contributed by atoms with Crippen molar-refractivity contribution in [2.75, 3.05) is 31.2 Å². The first-order valence-corrected chi connectivity index (χ1v) is 8.36. The number of para-hydroxylation sites is 1. The lowest BCUT2D eigenvalue weighted by Crippen LogP contribution is -2.38. The summed E-state index contributed by atoms with van der Waals surface area (Å²) in [6.45, 7) is 2.75. The molecule has 7 heteroatoms. The number of rotatable bonds is 4. The number of benzene rings is 1. The molecule has 0 unspecified atom stereocenters. The van der Waals surface area contributed by atoms with Gasteiger partial charge >= 0.3 is 0 Å². The Balaban J connectivity index is 1.84. The van der Waals surface area contributed by atoms with Crippen LogP contribution in [0, 0.1) is 11.3 Å². The summed E-state index contributed by atoms with van der Waals surface area (Å²) in [4.78, 5) is 2.12. The van der Waals surface area contributed by atoms with Crippen molar-refractivity contribution in [2.45, 2.75) is 0 Å². The number of nitrogens with zero attached hydrogens (tertiary/aromatic N) is 5. The minimum absolute atomic E-state index is 0.385.